The molecule has 5 nitrogen and oxygen atoms in total. The average molecular weight is 188 g/mol. The Morgan fingerprint density at radius 3 is 3.00 bits per heavy atom. The molecule has 5 heteroatoms. The molecule has 0 aliphatic rings. The van der Waals surface area contributed by atoms with E-state index in [4.69, 9.17) is 0 Å². The minimum Gasteiger partial charge on any atom is -0.269 e. The maximum Gasteiger partial charge on any atom is 0.258 e. The summed E-state index contributed by atoms with van der Waals surface area (Å²) in [4.78, 5) is 23.3. The van der Waals surface area contributed by atoms with Gasteiger partial charge in [0.15, 0.2) is 5.65 Å². The van der Waals surface area contributed by atoms with E-state index >= 15 is 0 Å². The van der Waals surface area contributed by atoms with Crippen molar-refractivity contribution in [3.63, 3.8) is 0 Å². The second-order valence-corrected chi connectivity index (χ2v) is 2.93. The van der Waals surface area contributed by atoms with Crippen LogP contribution >= 0.6 is 0 Å². The maximum absolute atomic E-state index is 11.6. The van der Waals surface area contributed by atoms with Gasteiger partial charge in [-0.2, -0.15) is 0 Å². The number of aromatic nitrogens is 4. The number of allylic oxidation sites excluding steroid dienone is 1. The first-order valence-corrected chi connectivity index (χ1v) is 4.03. The van der Waals surface area contributed by atoms with Crippen LogP contribution in [0.2, 0.25) is 0 Å². The molecule has 0 spiro atoms. The highest BCUT2D eigenvalue weighted by molar-refractivity contribution is 5.99. The van der Waals surface area contributed by atoms with Crippen LogP contribution < -0.4 is 0 Å². The summed E-state index contributed by atoms with van der Waals surface area (Å²) in [7, 11) is 0. The molecular formula is C9H8N4O. The van der Waals surface area contributed by atoms with Gasteiger partial charge in [0.25, 0.3) is 5.91 Å². The molecule has 0 N–H and O–H groups in total. The number of imidazole rings is 1. The summed E-state index contributed by atoms with van der Waals surface area (Å²) in [5.74, 6) is -0.192. The third-order valence-electron chi connectivity index (χ3n) is 1.81. The number of nitrogens with zero attached hydrogens (tertiary/aromatic N) is 4. The second kappa shape index (κ2) is 3.02. The minimum atomic E-state index is -0.192. The SMILES string of the molecule is C=C(C)C(=O)n1cnc2ncncc21. The molecule has 0 fully saturated rings. The quantitative estimate of drug-likeness (QED) is 0.627. The molecular weight excluding hydrogens is 180 g/mol. The van der Waals surface area contributed by atoms with E-state index in [0.29, 0.717) is 16.7 Å². The fourth-order valence-corrected chi connectivity index (χ4v) is 1.13. The van der Waals surface area contributed by atoms with Crippen molar-refractivity contribution in [2.45, 2.75) is 6.92 Å². The van der Waals surface area contributed by atoms with Gasteiger partial charge in [0.2, 0.25) is 0 Å². The molecule has 0 amide bonds. The Labute approximate surface area is 80.1 Å². The second-order valence-electron chi connectivity index (χ2n) is 2.93. The molecule has 2 heterocycles. The summed E-state index contributed by atoms with van der Waals surface area (Å²) >= 11 is 0. The fourth-order valence-electron chi connectivity index (χ4n) is 1.13. The van der Waals surface area contributed by atoms with Gasteiger partial charge in [-0.3, -0.25) is 9.36 Å². The van der Waals surface area contributed by atoms with Gasteiger partial charge in [0.1, 0.15) is 18.2 Å². The molecule has 0 radical (unpaired) electrons. The molecule has 0 saturated heterocycles. The molecule has 2 aromatic heterocycles. The zero-order valence-electron chi connectivity index (χ0n) is 7.64. The molecule has 0 aliphatic heterocycles. The van der Waals surface area contributed by atoms with Crippen molar-refractivity contribution in [3.05, 3.63) is 31.0 Å². The van der Waals surface area contributed by atoms with Crippen LogP contribution in [0.15, 0.2) is 31.0 Å². The third kappa shape index (κ3) is 1.19. The first-order chi connectivity index (χ1) is 6.70. The van der Waals surface area contributed by atoms with Gasteiger partial charge >= 0.3 is 0 Å². The third-order valence-corrected chi connectivity index (χ3v) is 1.81. The number of carbonyl (C=O) groups is 1. The molecule has 2 aromatic rings. The summed E-state index contributed by atoms with van der Waals surface area (Å²) in [5, 5.41) is 0. The molecule has 0 aromatic carbocycles. The van der Waals surface area contributed by atoms with E-state index < -0.39 is 0 Å². The van der Waals surface area contributed by atoms with Gasteiger partial charge in [-0.05, 0) is 6.92 Å². The molecule has 2 rings (SSSR count). The first kappa shape index (κ1) is 8.55. The van der Waals surface area contributed by atoms with E-state index in [0.717, 1.165) is 0 Å². The summed E-state index contributed by atoms with van der Waals surface area (Å²) in [6.45, 7) is 5.23. The van der Waals surface area contributed by atoms with E-state index in [-0.39, 0.29) is 5.91 Å². The minimum absolute atomic E-state index is 0.192. The van der Waals surface area contributed by atoms with Crippen LogP contribution in [0.4, 0.5) is 0 Å². The molecule has 70 valence electrons. The maximum atomic E-state index is 11.6. The normalized spacial score (nSPS) is 10.4. The predicted molar refractivity (Wildman–Crippen MR) is 50.8 cm³/mol. The number of fused-ring (bicyclic) bond motifs is 1. The van der Waals surface area contributed by atoms with Crippen molar-refractivity contribution in [1.82, 2.24) is 19.5 Å². The monoisotopic (exact) mass is 188 g/mol. The summed E-state index contributed by atoms with van der Waals surface area (Å²) in [6, 6.07) is 0. The lowest BCUT2D eigenvalue weighted by atomic mass is 10.3. The fraction of sp³-hybridized carbons (Fsp3) is 0.111. The highest BCUT2D eigenvalue weighted by atomic mass is 16.2. The zero-order valence-corrected chi connectivity index (χ0v) is 7.64. The van der Waals surface area contributed by atoms with E-state index in [1.807, 2.05) is 0 Å². The molecule has 0 atom stereocenters. The van der Waals surface area contributed by atoms with Gasteiger partial charge in [0, 0.05) is 5.57 Å². The van der Waals surface area contributed by atoms with E-state index in [1.54, 1.807) is 13.1 Å². The molecule has 14 heavy (non-hydrogen) atoms. The van der Waals surface area contributed by atoms with Crippen molar-refractivity contribution in [3.8, 4) is 0 Å². The van der Waals surface area contributed by atoms with Crippen molar-refractivity contribution in [1.29, 1.82) is 0 Å². The standard InChI is InChI=1S/C9H8N4O/c1-6(2)9(14)13-5-12-8-7(13)3-10-4-11-8/h3-5H,1H2,2H3. The van der Waals surface area contributed by atoms with Crippen LogP contribution in [0.5, 0.6) is 0 Å². The van der Waals surface area contributed by atoms with Crippen LogP contribution in [-0.4, -0.2) is 25.4 Å². The molecule has 0 bridgehead atoms. The van der Waals surface area contributed by atoms with Gasteiger partial charge in [-0.15, -0.1) is 0 Å². The number of hydrogen-bond acceptors (Lipinski definition) is 4. The van der Waals surface area contributed by atoms with E-state index in [1.165, 1.54) is 17.2 Å². The summed E-state index contributed by atoms with van der Waals surface area (Å²) in [5.41, 5.74) is 1.56. The average Bonchev–Trinajstić information content (AvgIpc) is 2.60. The van der Waals surface area contributed by atoms with Crippen molar-refractivity contribution < 1.29 is 4.79 Å². The number of rotatable bonds is 1. The van der Waals surface area contributed by atoms with Gasteiger partial charge in [-0.1, -0.05) is 6.58 Å². The molecule has 0 unspecified atom stereocenters. The van der Waals surface area contributed by atoms with Crippen LogP contribution in [-0.2, 0) is 0 Å². The highest BCUT2D eigenvalue weighted by Gasteiger charge is 2.10. The van der Waals surface area contributed by atoms with Crippen molar-refractivity contribution in [2.24, 2.45) is 0 Å². The zero-order chi connectivity index (χ0) is 10.1. The van der Waals surface area contributed by atoms with Gasteiger partial charge < -0.3 is 0 Å². The molecule has 0 aliphatic carbocycles. The predicted octanol–water partition coefficient (Wildman–Crippen LogP) is 1.04. The Balaban J connectivity index is 2.64. The highest BCUT2D eigenvalue weighted by Crippen LogP contribution is 2.09. The van der Waals surface area contributed by atoms with E-state index in [2.05, 4.69) is 21.5 Å². The molecule has 0 saturated carbocycles. The largest absolute Gasteiger partial charge is 0.269 e. The Morgan fingerprint density at radius 2 is 2.29 bits per heavy atom. The Bertz CT molecular complexity index is 514. The van der Waals surface area contributed by atoms with Crippen LogP contribution in [0, 0.1) is 0 Å². The smallest absolute Gasteiger partial charge is 0.258 e. The Hall–Kier alpha value is -2.04. The van der Waals surface area contributed by atoms with E-state index in [9.17, 15) is 4.79 Å². The Morgan fingerprint density at radius 1 is 1.50 bits per heavy atom. The number of carbonyl (C=O) groups excluding carboxylic acids is 1. The van der Waals surface area contributed by atoms with Crippen LogP contribution in [0.1, 0.15) is 11.7 Å². The summed E-state index contributed by atoms with van der Waals surface area (Å²) in [6.07, 6.45) is 4.37. The van der Waals surface area contributed by atoms with Crippen molar-refractivity contribution in [2.75, 3.05) is 0 Å². The van der Waals surface area contributed by atoms with Crippen LogP contribution in [0.3, 0.4) is 0 Å². The van der Waals surface area contributed by atoms with Crippen LogP contribution in [0.25, 0.3) is 11.2 Å². The van der Waals surface area contributed by atoms with Crippen molar-refractivity contribution >= 4 is 17.1 Å². The lowest BCUT2D eigenvalue weighted by molar-refractivity contribution is 0.0960. The Kier molecular flexibility index (Phi) is 1.85. The summed E-state index contributed by atoms with van der Waals surface area (Å²) < 4.78 is 1.39. The lowest BCUT2D eigenvalue weighted by Gasteiger charge is -1.99. The number of hydrogen-bond donors (Lipinski definition) is 0. The van der Waals surface area contributed by atoms with Gasteiger partial charge in [0.05, 0.1) is 6.20 Å². The topological polar surface area (TPSA) is 60.7 Å². The first-order valence-electron chi connectivity index (χ1n) is 4.03. The van der Waals surface area contributed by atoms with Gasteiger partial charge in [-0.25, -0.2) is 15.0 Å². The lowest BCUT2D eigenvalue weighted by Crippen LogP contribution is -2.09.